The van der Waals surface area contributed by atoms with Crippen LogP contribution in [-0.2, 0) is 32.1 Å². The van der Waals surface area contributed by atoms with Crippen molar-refractivity contribution in [1.82, 2.24) is 29.5 Å². The van der Waals surface area contributed by atoms with E-state index >= 15 is 0 Å². The van der Waals surface area contributed by atoms with E-state index in [0.29, 0.717) is 29.6 Å². The molecule has 56 heavy (non-hydrogen) atoms. The van der Waals surface area contributed by atoms with Gasteiger partial charge in [-0.25, -0.2) is 13.2 Å². The Bertz CT molecular complexity index is 2050. The summed E-state index contributed by atoms with van der Waals surface area (Å²) in [7, 11) is -3.50. The number of rotatable bonds is 12. The van der Waals surface area contributed by atoms with Crippen LogP contribution in [0.3, 0.4) is 0 Å². The van der Waals surface area contributed by atoms with Crippen molar-refractivity contribution in [3.05, 3.63) is 88.1 Å². The smallest absolute Gasteiger partial charge is 0.354 e. The first-order valence-electron chi connectivity index (χ1n) is 19.9. The zero-order chi connectivity index (χ0) is 40.5. The van der Waals surface area contributed by atoms with E-state index in [-0.39, 0.29) is 28.5 Å². The Morgan fingerprint density at radius 1 is 0.964 bits per heavy atom. The van der Waals surface area contributed by atoms with E-state index in [2.05, 4.69) is 73.2 Å². The predicted octanol–water partition coefficient (Wildman–Crippen LogP) is 4.92. The molecule has 14 heteroatoms. The Kier molecular flexibility index (Phi) is 14.5. The lowest BCUT2D eigenvalue weighted by molar-refractivity contribution is 0.0564. The van der Waals surface area contributed by atoms with Gasteiger partial charge in [0.15, 0.2) is 5.96 Å². The molecular weight excluding hydrogens is 727 g/mol. The molecule has 0 unspecified atom stereocenters. The second-order valence-electron chi connectivity index (χ2n) is 17.0. The van der Waals surface area contributed by atoms with E-state index in [1.165, 1.54) is 0 Å². The summed E-state index contributed by atoms with van der Waals surface area (Å²) in [6, 6.07) is 17.5. The number of piperidine rings is 1. The highest BCUT2D eigenvalue weighted by molar-refractivity contribution is 7.89. The number of H-pyrrole nitrogens is 1. The van der Waals surface area contributed by atoms with Crippen molar-refractivity contribution >= 4 is 27.0 Å². The highest BCUT2D eigenvalue weighted by Crippen LogP contribution is 2.29. The zero-order valence-corrected chi connectivity index (χ0v) is 34.9. The van der Waals surface area contributed by atoms with E-state index in [9.17, 15) is 13.2 Å². The Labute approximate surface area is 332 Å². The van der Waals surface area contributed by atoms with E-state index in [1.54, 1.807) is 21.0 Å². The fraction of sp³-hybridized carbons (Fsp3) is 0.548. The molecule has 4 heterocycles. The first kappa shape index (κ1) is 43.1. The SMILES string of the molecule is CC(C)(C)c1cc2cn(-c3ccc(CNCCCN=C(N)N)cc3)c(=O)nc2[nH]1.CC(C)(C)c1ccc(S(=O)(=O)N(CC2CCOCC2)C2CCNCC2)cc1. The van der Waals surface area contributed by atoms with Crippen LogP contribution in [0.5, 0.6) is 0 Å². The third-order valence-electron chi connectivity index (χ3n) is 10.5. The second kappa shape index (κ2) is 18.9. The van der Waals surface area contributed by atoms with Gasteiger partial charge in [0.2, 0.25) is 10.0 Å². The van der Waals surface area contributed by atoms with Gasteiger partial charge in [0.1, 0.15) is 5.65 Å². The number of hydrogen-bond donors (Lipinski definition) is 5. The number of aromatic amines is 1. The van der Waals surface area contributed by atoms with Crippen LogP contribution in [-0.4, -0.2) is 85.2 Å². The fourth-order valence-electron chi connectivity index (χ4n) is 6.99. The van der Waals surface area contributed by atoms with Gasteiger partial charge in [-0.05, 0) is 105 Å². The lowest BCUT2D eigenvalue weighted by Crippen LogP contribution is -2.48. The molecule has 6 rings (SSSR count). The average Bonchev–Trinajstić information content (AvgIpc) is 3.60. The number of nitrogens with one attached hydrogen (secondary N) is 3. The molecular formula is C42H63N9O4S. The number of aliphatic imine (C=N–C) groups is 1. The summed E-state index contributed by atoms with van der Waals surface area (Å²) >= 11 is 0. The third kappa shape index (κ3) is 11.7. The quantitative estimate of drug-likeness (QED) is 0.0755. The number of ether oxygens (including phenoxy) is 1. The number of hydrogen-bond acceptors (Lipinski definition) is 8. The van der Waals surface area contributed by atoms with Crippen LogP contribution < -0.4 is 27.8 Å². The Hall–Kier alpha value is -4.08. The number of sulfonamides is 1. The lowest BCUT2D eigenvalue weighted by Gasteiger charge is -2.37. The number of benzene rings is 2. The first-order chi connectivity index (χ1) is 26.5. The number of guanidine groups is 1. The molecule has 306 valence electrons. The number of aromatic nitrogens is 3. The standard InChI is InChI=1S/C21H29N7O.C21H34N2O3S/c1-21(2,3)17-11-15-13-28(20(29)27-18(15)26-17)16-7-5-14(6-8-16)12-24-9-4-10-25-19(22)23;1-21(2,3)18-4-6-20(7-5-18)27(24,25)23(19-8-12-22-13-9-19)16-17-10-14-26-15-11-17/h5-8,11,13,24H,4,9-10,12H2,1-3H3,(H4,22,23,25)(H,26,27,29);4-7,17,19,22H,8-16H2,1-3H3. The minimum Gasteiger partial charge on any atom is -0.381 e. The van der Waals surface area contributed by atoms with Crippen molar-refractivity contribution in [2.45, 2.75) is 102 Å². The van der Waals surface area contributed by atoms with Gasteiger partial charge in [0, 0.05) is 61.6 Å². The molecule has 0 amide bonds. The van der Waals surface area contributed by atoms with Gasteiger partial charge in [-0.3, -0.25) is 9.56 Å². The molecule has 7 N–H and O–H groups in total. The third-order valence-corrected chi connectivity index (χ3v) is 12.4. The normalized spacial score (nSPS) is 16.1. The van der Waals surface area contributed by atoms with Crippen LogP contribution in [0, 0.1) is 5.92 Å². The minimum absolute atomic E-state index is 0.0130. The maximum Gasteiger partial charge on any atom is 0.354 e. The van der Waals surface area contributed by atoms with E-state index in [0.717, 1.165) is 99.4 Å². The molecule has 2 aliphatic rings. The van der Waals surface area contributed by atoms with Crippen molar-refractivity contribution < 1.29 is 13.2 Å². The first-order valence-corrected chi connectivity index (χ1v) is 21.4. The monoisotopic (exact) mass is 789 g/mol. The van der Waals surface area contributed by atoms with Crippen molar-refractivity contribution in [3.8, 4) is 5.69 Å². The van der Waals surface area contributed by atoms with Gasteiger partial charge in [0.05, 0.1) is 10.6 Å². The summed E-state index contributed by atoms with van der Waals surface area (Å²) < 4.78 is 35.9. The molecule has 0 aliphatic carbocycles. The van der Waals surface area contributed by atoms with Crippen molar-refractivity contribution in [2.75, 3.05) is 45.9 Å². The van der Waals surface area contributed by atoms with Gasteiger partial charge in [-0.2, -0.15) is 9.29 Å². The molecule has 13 nitrogen and oxygen atoms in total. The topological polar surface area (TPSA) is 186 Å². The van der Waals surface area contributed by atoms with Gasteiger partial charge >= 0.3 is 5.69 Å². The summed E-state index contributed by atoms with van der Waals surface area (Å²) in [5.74, 6) is 0.509. The Morgan fingerprint density at radius 3 is 2.23 bits per heavy atom. The van der Waals surface area contributed by atoms with Gasteiger partial charge in [0.25, 0.3) is 0 Å². The molecule has 2 fully saturated rings. The van der Waals surface area contributed by atoms with Gasteiger partial charge in [-0.1, -0.05) is 65.8 Å². The highest BCUT2D eigenvalue weighted by atomic mass is 32.2. The number of fused-ring (bicyclic) bond motifs is 1. The fourth-order valence-corrected chi connectivity index (χ4v) is 8.75. The molecule has 2 saturated heterocycles. The van der Waals surface area contributed by atoms with Gasteiger partial charge < -0.3 is 31.8 Å². The molecule has 0 saturated carbocycles. The van der Waals surface area contributed by atoms with Crippen LogP contribution >= 0.6 is 0 Å². The highest BCUT2D eigenvalue weighted by Gasteiger charge is 2.34. The molecule has 2 aliphatic heterocycles. The van der Waals surface area contributed by atoms with Crippen LogP contribution in [0.1, 0.15) is 90.5 Å². The molecule has 2 aromatic carbocycles. The summed E-state index contributed by atoms with van der Waals surface area (Å²) in [6.45, 7) is 18.8. The van der Waals surface area contributed by atoms with Crippen LogP contribution in [0.25, 0.3) is 16.7 Å². The average molecular weight is 790 g/mol. The summed E-state index contributed by atoms with van der Waals surface area (Å²) in [4.78, 5) is 24.3. The zero-order valence-electron chi connectivity index (χ0n) is 34.1. The van der Waals surface area contributed by atoms with E-state index < -0.39 is 10.0 Å². The maximum absolute atomic E-state index is 13.5. The minimum atomic E-state index is -3.50. The van der Waals surface area contributed by atoms with Gasteiger partial charge in [-0.15, -0.1) is 0 Å². The number of nitrogens with two attached hydrogens (primary N) is 2. The second-order valence-corrected chi connectivity index (χ2v) is 18.9. The summed E-state index contributed by atoms with van der Waals surface area (Å²) in [5.41, 5.74) is 15.0. The van der Waals surface area contributed by atoms with Crippen LogP contribution in [0.4, 0.5) is 0 Å². The Balaban J connectivity index is 0.000000215. The molecule has 0 bridgehead atoms. The largest absolute Gasteiger partial charge is 0.381 e. The molecule has 0 atom stereocenters. The number of nitrogens with zero attached hydrogens (tertiary/aromatic N) is 4. The van der Waals surface area contributed by atoms with Crippen molar-refractivity contribution in [1.29, 1.82) is 0 Å². The van der Waals surface area contributed by atoms with Crippen LogP contribution in [0.15, 0.2) is 75.5 Å². The molecule has 2 aromatic heterocycles. The lowest BCUT2D eigenvalue weighted by atomic mass is 9.87. The van der Waals surface area contributed by atoms with Crippen molar-refractivity contribution in [2.24, 2.45) is 22.4 Å². The predicted molar refractivity (Wildman–Crippen MR) is 226 cm³/mol. The van der Waals surface area contributed by atoms with Crippen LogP contribution in [0.2, 0.25) is 0 Å². The molecule has 0 radical (unpaired) electrons. The van der Waals surface area contributed by atoms with Crippen molar-refractivity contribution in [3.63, 3.8) is 0 Å². The van der Waals surface area contributed by atoms with E-state index in [4.69, 9.17) is 16.2 Å². The maximum atomic E-state index is 13.5. The molecule has 4 aromatic rings. The summed E-state index contributed by atoms with van der Waals surface area (Å²) in [5, 5.41) is 7.62. The van der Waals surface area contributed by atoms with E-state index in [1.807, 2.05) is 42.6 Å². The molecule has 0 spiro atoms. The summed E-state index contributed by atoms with van der Waals surface area (Å²) in [6.07, 6.45) is 6.35. The Morgan fingerprint density at radius 2 is 1.62 bits per heavy atom.